The highest BCUT2D eigenvalue weighted by Crippen LogP contribution is 2.09. The van der Waals surface area contributed by atoms with Crippen molar-refractivity contribution in [3.8, 4) is 0 Å². The van der Waals surface area contributed by atoms with Gasteiger partial charge in [-0.1, -0.05) is 49.3 Å². The van der Waals surface area contributed by atoms with Crippen molar-refractivity contribution in [2.75, 3.05) is 19.6 Å². The zero-order valence-electron chi connectivity index (χ0n) is 11.7. The van der Waals surface area contributed by atoms with Gasteiger partial charge in [-0.2, -0.15) is 0 Å². The molecule has 1 fully saturated rings. The lowest BCUT2D eigenvalue weighted by atomic mass is 10.2. The minimum absolute atomic E-state index is 0.0465. The normalized spacial score (nSPS) is 21.0. The summed E-state index contributed by atoms with van der Waals surface area (Å²) in [6, 6.07) is 0.0465. The zero-order chi connectivity index (χ0) is 13.1. The number of rotatable bonds is 6. The Morgan fingerprint density at radius 3 is 2.44 bits per heavy atom. The van der Waals surface area contributed by atoms with Gasteiger partial charge in [0.1, 0.15) is 0 Å². The van der Waals surface area contributed by atoms with Gasteiger partial charge in [-0.3, -0.25) is 0 Å². The van der Waals surface area contributed by atoms with Crippen LogP contribution in [0, 0.1) is 0 Å². The Hall–Kier alpha value is -0.860. The molecule has 0 aromatic heterocycles. The lowest BCUT2D eigenvalue weighted by molar-refractivity contribution is 0.291. The van der Waals surface area contributed by atoms with E-state index >= 15 is 0 Å². The Bertz CT molecular complexity index is 271. The van der Waals surface area contributed by atoms with Gasteiger partial charge >= 0.3 is 0 Å². The van der Waals surface area contributed by atoms with Crippen LogP contribution in [0.15, 0.2) is 36.5 Å². The molecular formula is C16H28N2. The number of nitrogens with two attached hydrogens (primary N) is 1. The zero-order valence-corrected chi connectivity index (χ0v) is 11.7. The van der Waals surface area contributed by atoms with Gasteiger partial charge in [0.2, 0.25) is 0 Å². The van der Waals surface area contributed by atoms with E-state index in [0.717, 1.165) is 6.42 Å². The summed E-state index contributed by atoms with van der Waals surface area (Å²) in [6.45, 7) is 5.77. The lowest BCUT2D eigenvalue weighted by Crippen LogP contribution is -2.25. The van der Waals surface area contributed by atoms with Crippen LogP contribution in [-0.2, 0) is 0 Å². The van der Waals surface area contributed by atoms with Crippen molar-refractivity contribution in [1.29, 1.82) is 0 Å². The molecular weight excluding hydrogens is 220 g/mol. The fraction of sp³-hybridized carbons (Fsp3) is 0.625. The average molecular weight is 248 g/mol. The van der Waals surface area contributed by atoms with Crippen LogP contribution < -0.4 is 5.73 Å². The monoisotopic (exact) mass is 248 g/mol. The summed E-state index contributed by atoms with van der Waals surface area (Å²) in [5.74, 6) is 0. The average Bonchev–Trinajstić information content (AvgIpc) is 2.62. The van der Waals surface area contributed by atoms with Crippen LogP contribution in [0.1, 0.15) is 39.0 Å². The smallest absolute Gasteiger partial charge is 0.0413 e. The molecule has 0 aliphatic carbocycles. The summed E-state index contributed by atoms with van der Waals surface area (Å²) in [6.07, 6.45) is 19.1. The van der Waals surface area contributed by atoms with Gasteiger partial charge in [-0.25, -0.2) is 0 Å². The molecule has 2 N–H and O–H groups in total. The van der Waals surface area contributed by atoms with Gasteiger partial charge < -0.3 is 10.6 Å². The van der Waals surface area contributed by atoms with Crippen LogP contribution in [-0.4, -0.2) is 30.6 Å². The summed E-state index contributed by atoms with van der Waals surface area (Å²) in [7, 11) is 0. The number of nitrogens with zero attached hydrogens (tertiary/aromatic N) is 1. The highest BCUT2D eigenvalue weighted by molar-refractivity contribution is 5.10. The van der Waals surface area contributed by atoms with E-state index in [1.165, 1.54) is 45.3 Å². The Kier molecular flexibility index (Phi) is 8.53. The van der Waals surface area contributed by atoms with Crippen molar-refractivity contribution in [2.24, 2.45) is 5.73 Å². The third-order valence-electron chi connectivity index (χ3n) is 3.31. The first-order chi connectivity index (χ1) is 8.83. The van der Waals surface area contributed by atoms with Crippen LogP contribution in [0.2, 0.25) is 0 Å². The van der Waals surface area contributed by atoms with E-state index in [1.54, 1.807) is 0 Å². The van der Waals surface area contributed by atoms with Crippen molar-refractivity contribution >= 4 is 0 Å². The molecule has 102 valence electrons. The second kappa shape index (κ2) is 10.1. The molecule has 0 aromatic rings. The molecule has 1 atom stereocenters. The van der Waals surface area contributed by atoms with Crippen LogP contribution in [0.4, 0.5) is 0 Å². The van der Waals surface area contributed by atoms with Gasteiger partial charge in [-0.15, -0.1) is 0 Å². The summed E-state index contributed by atoms with van der Waals surface area (Å²) in [5, 5.41) is 0. The van der Waals surface area contributed by atoms with Crippen molar-refractivity contribution in [3.05, 3.63) is 36.5 Å². The predicted molar refractivity (Wildman–Crippen MR) is 80.6 cm³/mol. The molecule has 18 heavy (non-hydrogen) atoms. The Morgan fingerprint density at radius 1 is 1.06 bits per heavy atom. The summed E-state index contributed by atoms with van der Waals surface area (Å²) in [4.78, 5) is 2.59. The minimum atomic E-state index is 0.0465. The quantitative estimate of drug-likeness (QED) is 0.577. The van der Waals surface area contributed by atoms with Crippen LogP contribution in [0.3, 0.4) is 0 Å². The molecule has 0 aromatic carbocycles. The molecule has 0 spiro atoms. The molecule has 1 heterocycles. The van der Waals surface area contributed by atoms with Gasteiger partial charge in [0.15, 0.2) is 0 Å². The first-order valence-electron chi connectivity index (χ1n) is 7.27. The van der Waals surface area contributed by atoms with Crippen LogP contribution in [0.25, 0.3) is 0 Å². The second-order valence-electron chi connectivity index (χ2n) is 4.96. The summed E-state index contributed by atoms with van der Waals surface area (Å²) < 4.78 is 0. The molecule has 0 radical (unpaired) electrons. The molecule has 2 nitrogen and oxygen atoms in total. The fourth-order valence-corrected chi connectivity index (χ4v) is 2.27. The van der Waals surface area contributed by atoms with Gasteiger partial charge in [-0.05, 0) is 39.3 Å². The van der Waals surface area contributed by atoms with Crippen LogP contribution >= 0.6 is 0 Å². The van der Waals surface area contributed by atoms with Crippen molar-refractivity contribution < 1.29 is 0 Å². The van der Waals surface area contributed by atoms with E-state index in [9.17, 15) is 0 Å². The lowest BCUT2D eigenvalue weighted by Gasteiger charge is -2.18. The predicted octanol–water partition coefficient (Wildman–Crippen LogP) is 3.27. The number of hydrogen-bond donors (Lipinski definition) is 1. The van der Waals surface area contributed by atoms with Crippen molar-refractivity contribution in [3.63, 3.8) is 0 Å². The fourth-order valence-electron chi connectivity index (χ4n) is 2.27. The minimum Gasteiger partial charge on any atom is -0.321 e. The molecule has 1 rings (SSSR count). The van der Waals surface area contributed by atoms with Gasteiger partial charge in [0, 0.05) is 12.6 Å². The van der Waals surface area contributed by atoms with E-state index in [4.69, 9.17) is 5.73 Å². The molecule has 0 amide bonds. The standard InChI is InChI=1S/C16H28N2/c1-2-11-16(17)12-7-3-4-8-13-18-14-9-5-6-10-15-18/h2-4,7,11-12,16H,5-6,8-10,13-15,17H2,1H3/b4-3+,11-2-,12-7?. The molecule has 1 aliphatic heterocycles. The van der Waals surface area contributed by atoms with E-state index in [0.29, 0.717) is 0 Å². The third-order valence-corrected chi connectivity index (χ3v) is 3.31. The number of hydrogen-bond acceptors (Lipinski definition) is 2. The van der Waals surface area contributed by atoms with E-state index < -0.39 is 0 Å². The molecule has 0 bridgehead atoms. The largest absolute Gasteiger partial charge is 0.321 e. The molecule has 0 saturated carbocycles. The SMILES string of the molecule is C/C=C\C(N)C=C/C=C/CCN1CCCCCC1. The summed E-state index contributed by atoms with van der Waals surface area (Å²) in [5.41, 5.74) is 5.82. The van der Waals surface area contributed by atoms with Crippen molar-refractivity contribution in [2.45, 2.75) is 45.1 Å². The maximum atomic E-state index is 5.82. The highest BCUT2D eigenvalue weighted by Gasteiger charge is 2.06. The maximum absolute atomic E-state index is 5.82. The molecule has 1 unspecified atom stereocenters. The van der Waals surface area contributed by atoms with E-state index in [1.807, 2.05) is 31.2 Å². The Balaban J connectivity index is 2.12. The van der Waals surface area contributed by atoms with Gasteiger partial charge in [0.05, 0.1) is 0 Å². The Labute approximate surface area is 112 Å². The number of likely N-dealkylation sites (tertiary alicyclic amines) is 1. The third kappa shape index (κ3) is 7.46. The van der Waals surface area contributed by atoms with E-state index in [2.05, 4.69) is 17.1 Å². The first-order valence-corrected chi connectivity index (χ1v) is 7.27. The summed E-state index contributed by atoms with van der Waals surface area (Å²) >= 11 is 0. The number of allylic oxidation sites excluding steroid dienone is 3. The second-order valence-corrected chi connectivity index (χ2v) is 4.96. The Morgan fingerprint density at radius 2 is 1.78 bits per heavy atom. The maximum Gasteiger partial charge on any atom is 0.0413 e. The molecule has 2 heteroatoms. The molecule has 1 saturated heterocycles. The topological polar surface area (TPSA) is 29.3 Å². The van der Waals surface area contributed by atoms with Gasteiger partial charge in [0.25, 0.3) is 0 Å². The van der Waals surface area contributed by atoms with Crippen LogP contribution in [0.5, 0.6) is 0 Å². The highest BCUT2D eigenvalue weighted by atomic mass is 15.1. The molecule has 1 aliphatic rings. The van der Waals surface area contributed by atoms with E-state index in [-0.39, 0.29) is 6.04 Å². The first kappa shape index (κ1) is 15.2. The van der Waals surface area contributed by atoms with Crippen molar-refractivity contribution in [1.82, 2.24) is 4.90 Å².